The number of nitriles is 1. The number of carbonyl (C=O) groups is 1. The van der Waals surface area contributed by atoms with Crippen molar-refractivity contribution in [1.29, 1.82) is 5.26 Å². The Labute approximate surface area is 174 Å². The first-order valence-electron chi connectivity index (χ1n) is 10.5. The Bertz CT molecular complexity index is 701. The predicted octanol–water partition coefficient (Wildman–Crippen LogP) is 1.90. The highest BCUT2D eigenvalue weighted by Crippen LogP contribution is 2.28. The minimum Gasteiger partial charge on any atom is -0.492 e. The van der Waals surface area contributed by atoms with E-state index in [4.69, 9.17) is 10.00 Å². The molecular formula is C22H33N5O2. The Kier molecular flexibility index (Phi) is 7.34. The predicted molar refractivity (Wildman–Crippen MR) is 113 cm³/mol. The molecule has 29 heavy (non-hydrogen) atoms. The molecular weight excluding hydrogens is 366 g/mol. The van der Waals surface area contributed by atoms with Crippen LogP contribution in [0.3, 0.4) is 0 Å². The monoisotopic (exact) mass is 399 g/mol. The average Bonchev–Trinajstić information content (AvgIpc) is 2.70. The molecule has 2 fully saturated rings. The maximum atomic E-state index is 12.4. The van der Waals surface area contributed by atoms with Gasteiger partial charge >= 0.3 is 6.03 Å². The highest BCUT2D eigenvalue weighted by atomic mass is 16.5. The minimum atomic E-state index is 0.0760. The molecule has 1 aromatic carbocycles. The van der Waals surface area contributed by atoms with E-state index in [0.717, 1.165) is 38.5 Å². The van der Waals surface area contributed by atoms with E-state index in [1.54, 1.807) is 12.1 Å². The highest BCUT2D eigenvalue weighted by Gasteiger charge is 2.36. The van der Waals surface area contributed by atoms with Gasteiger partial charge in [0.1, 0.15) is 12.4 Å². The molecule has 2 bridgehead atoms. The molecule has 2 amide bonds. The second kappa shape index (κ2) is 9.95. The van der Waals surface area contributed by atoms with Crippen LogP contribution in [0.1, 0.15) is 25.8 Å². The Hall–Kier alpha value is -2.30. The first kappa shape index (κ1) is 21.4. The van der Waals surface area contributed by atoms with Gasteiger partial charge in [-0.15, -0.1) is 0 Å². The van der Waals surface area contributed by atoms with Crippen molar-refractivity contribution in [3.05, 3.63) is 29.8 Å². The van der Waals surface area contributed by atoms with Crippen molar-refractivity contribution in [1.82, 2.24) is 20.4 Å². The molecule has 3 atom stereocenters. The molecule has 7 nitrogen and oxygen atoms in total. The van der Waals surface area contributed by atoms with E-state index in [0.29, 0.717) is 24.0 Å². The van der Waals surface area contributed by atoms with E-state index < -0.39 is 0 Å². The molecule has 0 saturated carbocycles. The van der Waals surface area contributed by atoms with Crippen molar-refractivity contribution in [2.45, 2.75) is 32.4 Å². The quantitative estimate of drug-likeness (QED) is 0.732. The lowest BCUT2D eigenvalue weighted by molar-refractivity contribution is 0.0389. The van der Waals surface area contributed by atoms with Gasteiger partial charge in [0.25, 0.3) is 0 Å². The zero-order valence-electron chi connectivity index (χ0n) is 17.7. The normalized spacial score (nSPS) is 22.8. The van der Waals surface area contributed by atoms with E-state index in [1.165, 1.54) is 6.42 Å². The van der Waals surface area contributed by atoms with Crippen LogP contribution in [0.5, 0.6) is 5.75 Å². The molecule has 1 aromatic rings. The fourth-order valence-electron chi connectivity index (χ4n) is 4.40. The second-order valence-corrected chi connectivity index (χ2v) is 8.63. The molecule has 2 saturated heterocycles. The van der Waals surface area contributed by atoms with E-state index in [1.807, 2.05) is 37.9 Å². The largest absolute Gasteiger partial charge is 0.492 e. The maximum Gasteiger partial charge on any atom is 0.317 e. The van der Waals surface area contributed by atoms with Crippen molar-refractivity contribution >= 4 is 6.03 Å². The van der Waals surface area contributed by atoms with Crippen molar-refractivity contribution in [3.8, 4) is 11.8 Å². The fourth-order valence-corrected chi connectivity index (χ4v) is 4.40. The van der Waals surface area contributed by atoms with Gasteiger partial charge in [-0.1, -0.05) is 0 Å². The molecule has 0 radical (unpaired) electrons. The lowest BCUT2D eigenvalue weighted by Crippen LogP contribution is -2.58. The number of amides is 2. The van der Waals surface area contributed by atoms with Gasteiger partial charge in [0.15, 0.2) is 0 Å². The Morgan fingerprint density at radius 2 is 1.86 bits per heavy atom. The van der Waals surface area contributed by atoms with Gasteiger partial charge in [0, 0.05) is 38.8 Å². The van der Waals surface area contributed by atoms with Crippen molar-refractivity contribution in [3.63, 3.8) is 0 Å². The maximum absolute atomic E-state index is 12.4. The molecule has 158 valence electrons. The summed E-state index contributed by atoms with van der Waals surface area (Å²) in [5.74, 6) is 1.86. The number of carbonyl (C=O) groups excluding carboxylic acids is 1. The van der Waals surface area contributed by atoms with Gasteiger partial charge < -0.3 is 25.2 Å². The zero-order valence-corrected chi connectivity index (χ0v) is 17.7. The first-order valence-corrected chi connectivity index (χ1v) is 10.5. The van der Waals surface area contributed by atoms with Crippen LogP contribution in [0.15, 0.2) is 24.3 Å². The fraction of sp³-hybridized carbons (Fsp3) is 0.636. The van der Waals surface area contributed by atoms with Crippen molar-refractivity contribution < 1.29 is 9.53 Å². The zero-order chi connectivity index (χ0) is 20.8. The Morgan fingerprint density at radius 3 is 2.41 bits per heavy atom. The van der Waals surface area contributed by atoms with Crippen molar-refractivity contribution in [2.24, 2.45) is 11.8 Å². The summed E-state index contributed by atoms with van der Waals surface area (Å²) < 4.78 is 5.92. The third-order valence-electron chi connectivity index (χ3n) is 5.68. The Morgan fingerprint density at radius 1 is 1.21 bits per heavy atom. The van der Waals surface area contributed by atoms with E-state index in [-0.39, 0.29) is 18.1 Å². The molecule has 0 spiro atoms. The number of hydrogen-bond donors (Lipinski definition) is 2. The number of nitrogens with zero attached hydrogens (tertiary/aromatic N) is 3. The van der Waals surface area contributed by atoms with Gasteiger partial charge in [0.05, 0.1) is 17.7 Å². The number of urea groups is 1. The summed E-state index contributed by atoms with van der Waals surface area (Å²) in [5, 5.41) is 15.3. The van der Waals surface area contributed by atoms with Crippen LogP contribution >= 0.6 is 0 Å². The topological polar surface area (TPSA) is 80.6 Å². The molecule has 0 aromatic heterocycles. The number of benzene rings is 1. The van der Waals surface area contributed by atoms with E-state index >= 15 is 0 Å². The first-order chi connectivity index (χ1) is 14.0. The average molecular weight is 400 g/mol. The van der Waals surface area contributed by atoms with Crippen LogP contribution < -0.4 is 15.4 Å². The number of piperidine rings is 2. The van der Waals surface area contributed by atoms with Crippen molar-refractivity contribution in [2.75, 3.05) is 46.4 Å². The van der Waals surface area contributed by atoms with Crippen LogP contribution in [-0.4, -0.2) is 74.3 Å². The van der Waals surface area contributed by atoms with Gasteiger partial charge in [-0.05, 0) is 63.4 Å². The molecule has 3 rings (SSSR count). The number of likely N-dealkylation sites (tertiary alicyclic amines) is 2. The molecule has 2 aliphatic heterocycles. The summed E-state index contributed by atoms with van der Waals surface area (Å²) in [6, 6.07) is 9.83. The molecule has 2 heterocycles. The standard InChI is InChI=1S/C22H33N5O2/c1-16(2)25-22(28)27-12-18-8-19(13-27)11-26(10-18)14-20(24-3)15-29-21-6-4-17(9-23)5-7-21/h4-7,16,18-20,24H,8,10-15H2,1-3H3,(H,25,28). The molecule has 3 unspecified atom stereocenters. The van der Waals surface area contributed by atoms with Crippen LogP contribution in [0.25, 0.3) is 0 Å². The second-order valence-electron chi connectivity index (χ2n) is 8.63. The minimum absolute atomic E-state index is 0.0760. The summed E-state index contributed by atoms with van der Waals surface area (Å²) in [5.41, 5.74) is 0.637. The summed E-state index contributed by atoms with van der Waals surface area (Å²) >= 11 is 0. The smallest absolute Gasteiger partial charge is 0.317 e. The lowest BCUT2D eigenvalue weighted by atomic mass is 9.84. The molecule has 2 aliphatic rings. The summed E-state index contributed by atoms with van der Waals surface area (Å²) in [7, 11) is 1.97. The summed E-state index contributed by atoms with van der Waals surface area (Å²) in [6.07, 6.45) is 1.22. The number of likely N-dealkylation sites (N-methyl/N-ethyl adjacent to an activating group) is 1. The number of nitrogens with one attached hydrogen (secondary N) is 2. The number of rotatable bonds is 7. The third kappa shape index (κ3) is 6.09. The molecule has 2 N–H and O–H groups in total. The third-order valence-corrected chi connectivity index (χ3v) is 5.68. The summed E-state index contributed by atoms with van der Waals surface area (Å²) in [4.78, 5) is 16.9. The number of ether oxygens (including phenoxy) is 1. The Balaban J connectivity index is 1.48. The van der Waals surface area contributed by atoms with Gasteiger partial charge in [-0.3, -0.25) is 0 Å². The van der Waals surface area contributed by atoms with Crippen LogP contribution in [-0.2, 0) is 0 Å². The van der Waals surface area contributed by atoms with Crippen LogP contribution in [0.4, 0.5) is 4.79 Å². The number of fused-ring (bicyclic) bond motifs is 2. The van der Waals surface area contributed by atoms with Gasteiger partial charge in [0.2, 0.25) is 0 Å². The van der Waals surface area contributed by atoms with E-state index in [2.05, 4.69) is 21.6 Å². The van der Waals surface area contributed by atoms with Gasteiger partial charge in [-0.25, -0.2) is 4.79 Å². The lowest BCUT2D eigenvalue weighted by Gasteiger charge is -2.46. The van der Waals surface area contributed by atoms with E-state index in [9.17, 15) is 4.79 Å². The summed E-state index contributed by atoms with van der Waals surface area (Å²) in [6.45, 7) is 9.25. The van der Waals surface area contributed by atoms with Gasteiger partial charge in [-0.2, -0.15) is 5.26 Å². The highest BCUT2D eigenvalue weighted by molar-refractivity contribution is 5.74. The number of hydrogen-bond acceptors (Lipinski definition) is 5. The SMILES string of the molecule is CNC(COc1ccc(C#N)cc1)CN1CC2CC(C1)CN(C(=O)NC(C)C)C2. The van der Waals surface area contributed by atoms with Crippen LogP contribution in [0, 0.1) is 23.2 Å². The molecule has 7 heteroatoms. The molecule has 0 aliphatic carbocycles. The van der Waals surface area contributed by atoms with Crippen LogP contribution in [0.2, 0.25) is 0 Å².